The van der Waals surface area contributed by atoms with Gasteiger partial charge in [-0.15, -0.1) is 0 Å². The normalized spacial score (nSPS) is 16.1. The van der Waals surface area contributed by atoms with E-state index in [4.69, 9.17) is 0 Å². The summed E-state index contributed by atoms with van der Waals surface area (Å²) in [4.78, 5) is 2.46. The van der Waals surface area contributed by atoms with E-state index >= 15 is 0 Å². The average molecular weight is 267 g/mol. The van der Waals surface area contributed by atoms with Gasteiger partial charge in [-0.05, 0) is 61.5 Å². The Labute approximate surface area is 123 Å². The van der Waals surface area contributed by atoms with E-state index in [2.05, 4.69) is 62.2 Å². The first kappa shape index (κ1) is 14.6. The van der Waals surface area contributed by atoms with Crippen LogP contribution in [0.4, 0.5) is 0 Å². The molecule has 2 rings (SSSR count). The van der Waals surface area contributed by atoms with Gasteiger partial charge in [-0.1, -0.05) is 37.4 Å². The zero-order valence-corrected chi connectivity index (χ0v) is 12.8. The lowest BCUT2D eigenvalue weighted by Crippen LogP contribution is -2.27. The summed E-state index contributed by atoms with van der Waals surface area (Å²) in [5, 5.41) is 0. The van der Waals surface area contributed by atoms with E-state index in [1.165, 1.54) is 49.2 Å². The Morgan fingerprint density at radius 1 is 1.10 bits per heavy atom. The highest BCUT2D eigenvalue weighted by Crippen LogP contribution is 2.25. The van der Waals surface area contributed by atoms with Crippen molar-refractivity contribution in [3.05, 3.63) is 65.9 Å². The fourth-order valence-electron chi connectivity index (χ4n) is 2.76. The largest absolute Gasteiger partial charge is 0.375 e. The number of nitrogens with zero attached hydrogens (tertiary/aromatic N) is 1. The predicted molar refractivity (Wildman–Crippen MR) is 88.5 cm³/mol. The summed E-state index contributed by atoms with van der Waals surface area (Å²) in [6.07, 6.45) is 6.15. The number of hydrogen-bond donors (Lipinski definition) is 0. The van der Waals surface area contributed by atoms with E-state index in [-0.39, 0.29) is 0 Å². The van der Waals surface area contributed by atoms with Gasteiger partial charge in [0.1, 0.15) is 0 Å². The van der Waals surface area contributed by atoms with Crippen LogP contribution in [0.3, 0.4) is 0 Å². The summed E-state index contributed by atoms with van der Waals surface area (Å²) >= 11 is 0. The molecule has 0 radical (unpaired) electrons. The number of piperidine rings is 1. The van der Waals surface area contributed by atoms with Gasteiger partial charge in [-0.2, -0.15) is 0 Å². The molecule has 20 heavy (non-hydrogen) atoms. The molecule has 0 unspecified atom stereocenters. The Bertz CT molecular complexity index is 530. The van der Waals surface area contributed by atoms with Crippen molar-refractivity contribution in [3.8, 4) is 0 Å². The number of likely N-dealkylation sites (tertiary alicyclic amines) is 1. The molecule has 0 spiro atoms. The first-order chi connectivity index (χ1) is 9.59. The number of hydrogen-bond acceptors (Lipinski definition) is 1. The fraction of sp³-hybridized carbons (Fsp3) is 0.368. The molecule has 1 fully saturated rings. The van der Waals surface area contributed by atoms with E-state index in [1.54, 1.807) is 0 Å². The SMILES string of the molecule is C=C(C=C(C)N1CCCCC1)C(=C)c1ccccc1C. The van der Waals surface area contributed by atoms with E-state index in [0.29, 0.717) is 0 Å². The third-order valence-electron chi connectivity index (χ3n) is 4.10. The molecule has 0 N–H and O–H groups in total. The molecule has 0 atom stereocenters. The number of benzene rings is 1. The summed E-state index contributed by atoms with van der Waals surface area (Å²) in [5.74, 6) is 0. The smallest absolute Gasteiger partial charge is 0.0174 e. The van der Waals surface area contributed by atoms with Crippen LogP contribution in [0.15, 0.2) is 54.8 Å². The second kappa shape index (κ2) is 6.60. The molecule has 1 heterocycles. The Hall–Kier alpha value is -1.76. The lowest BCUT2D eigenvalue weighted by molar-refractivity contribution is 0.286. The van der Waals surface area contributed by atoms with Crippen LogP contribution in [0.25, 0.3) is 5.57 Å². The van der Waals surface area contributed by atoms with Crippen LogP contribution >= 0.6 is 0 Å². The van der Waals surface area contributed by atoms with Gasteiger partial charge in [-0.25, -0.2) is 0 Å². The van der Waals surface area contributed by atoms with Gasteiger partial charge in [0.25, 0.3) is 0 Å². The van der Waals surface area contributed by atoms with Gasteiger partial charge in [0, 0.05) is 18.8 Å². The maximum Gasteiger partial charge on any atom is 0.0174 e. The van der Waals surface area contributed by atoms with E-state index in [1.807, 2.05) is 0 Å². The highest BCUT2D eigenvalue weighted by molar-refractivity contribution is 5.81. The summed E-state index contributed by atoms with van der Waals surface area (Å²) in [6, 6.07) is 8.35. The predicted octanol–water partition coefficient (Wildman–Crippen LogP) is 4.95. The summed E-state index contributed by atoms with van der Waals surface area (Å²) < 4.78 is 0. The van der Waals surface area contributed by atoms with E-state index in [0.717, 1.165) is 11.1 Å². The lowest BCUT2D eigenvalue weighted by atomic mass is 9.96. The van der Waals surface area contributed by atoms with Crippen LogP contribution in [-0.2, 0) is 0 Å². The minimum atomic E-state index is 1.02. The highest BCUT2D eigenvalue weighted by atomic mass is 15.1. The van der Waals surface area contributed by atoms with Gasteiger partial charge in [0.15, 0.2) is 0 Å². The Kier molecular flexibility index (Phi) is 4.84. The van der Waals surface area contributed by atoms with Crippen molar-refractivity contribution in [1.29, 1.82) is 0 Å². The van der Waals surface area contributed by atoms with Gasteiger partial charge in [-0.3, -0.25) is 0 Å². The molecule has 1 saturated heterocycles. The molecular weight excluding hydrogens is 242 g/mol. The third-order valence-corrected chi connectivity index (χ3v) is 4.10. The van der Waals surface area contributed by atoms with Crippen molar-refractivity contribution in [2.45, 2.75) is 33.1 Å². The van der Waals surface area contributed by atoms with Crippen LogP contribution < -0.4 is 0 Å². The Morgan fingerprint density at radius 2 is 1.75 bits per heavy atom. The van der Waals surface area contributed by atoms with E-state index < -0.39 is 0 Å². The quantitative estimate of drug-likeness (QED) is 0.697. The molecule has 0 saturated carbocycles. The van der Waals surface area contributed by atoms with Crippen LogP contribution in [0.2, 0.25) is 0 Å². The van der Waals surface area contributed by atoms with Crippen LogP contribution in [0.5, 0.6) is 0 Å². The Morgan fingerprint density at radius 3 is 2.40 bits per heavy atom. The van der Waals surface area contributed by atoms with Crippen molar-refractivity contribution < 1.29 is 0 Å². The van der Waals surface area contributed by atoms with Crippen molar-refractivity contribution in [1.82, 2.24) is 4.90 Å². The highest BCUT2D eigenvalue weighted by Gasteiger charge is 2.11. The molecule has 0 aromatic heterocycles. The zero-order valence-electron chi connectivity index (χ0n) is 12.8. The lowest BCUT2D eigenvalue weighted by Gasteiger charge is -2.29. The molecule has 0 aliphatic carbocycles. The minimum Gasteiger partial charge on any atom is -0.375 e. The molecule has 1 aliphatic rings. The van der Waals surface area contributed by atoms with Crippen molar-refractivity contribution in [3.63, 3.8) is 0 Å². The van der Waals surface area contributed by atoms with Crippen LogP contribution in [0.1, 0.15) is 37.3 Å². The maximum atomic E-state index is 4.22. The minimum absolute atomic E-state index is 1.02. The number of rotatable bonds is 4. The van der Waals surface area contributed by atoms with Gasteiger partial charge >= 0.3 is 0 Å². The molecule has 0 bridgehead atoms. The second-order valence-electron chi connectivity index (χ2n) is 5.65. The molecule has 1 aromatic rings. The average Bonchev–Trinajstić information content (AvgIpc) is 2.48. The van der Waals surface area contributed by atoms with Gasteiger partial charge in [0.2, 0.25) is 0 Å². The van der Waals surface area contributed by atoms with Crippen LogP contribution in [0, 0.1) is 6.92 Å². The van der Waals surface area contributed by atoms with Crippen molar-refractivity contribution >= 4 is 5.57 Å². The zero-order chi connectivity index (χ0) is 14.5. The molecule has 1 aliphatic heterocycles. The van der Waals surface area contributed by atoms with Crippen molar-refractivity contribution in [2.75, 3.05) is 13.1 Å². The monoisotopic (exact) mass is 267 g/mol. The first-order valence-electron chi connectivity index (χ1n) is 7.47. The Balaban J connectivity index is 2.11. The second-order valence-corrected chi connectivity index (χ2v) is 5.65. The van der Waals surface area contributed by atoms with Gasteiger partial charge in [0.05, 0.1) is 0 Å². The standard InChI is InChI=1S/C19H25N/c1-15-10-6-7-11-19(15)18(4)16(2)14-17(3)20-12-8-5-9-13-20/h6-7,10-11,14H,2,4-5,8-9,12-13H2,1,3H3. The van der Waals surface area contributed by atoms with Crippen LogP contribution in [-0.4, -0.2) is 18.0 Å². The number of allylic oxidation sites excluding steroid dienone is 4. The summed E-state index contributed by atoms with van der Waals surface area (Å²) in [7, 11) is 0. The molecule has 1 aromatic carbocycles. The fourth-order valence-corrected chi connectivity index (χ4v) is 2.76. The molecule has 1 heteroatoms. The summed E-state index contributed by atoms with van der Waals surface area (Å²) in [5.41, 5.74) is 5.80. The molecule has 1 nitrogen and oxygen atoms in total. The van der Waals surface area contributed by atoms with Crippen molar-refractivity contribution in [2.24, 2.45) is 0 Å². The maximum absolute atomic E-state index is 4.22. The molecular formula is C19H25N. The number of aryl methyl sites for hydroxylation is 1. The third kappa shape index (κ3) is 3.41. The molecule has 0 amide bonds. The first-order valence-corrected chi connectivity index (χ1v) is 7.47. The molecule has 106 valence electrons. The topological polar surface area (TPSA) is 3.24 Å². The summed E-state index contributed by atoms with van der Waals surface area (Å²) in [6.45, 7) is 15.1. The van der Waals surface area contributed by atoms with E-state index in [9.17, 15) is 0 Å². The van der Waals surface area contributed by atoms with Gasteiger partial charge < -0.3 is 4.90 Å².